The highest BCUT2D eigenvalue weighted by molar-refractivity contribution is 5.51. The molecular formula is C15H16N2O. The minimum Gasteiger partial charge on any atom is -0.496 e. The third-order valence-corrected chi connectivity index (χ3v) is 3.09. The number of nitrogens with zero attached hydrogens (tertiary/aromatic N) is 1. The van der Waals surface area contributed by atoms with Gasteiger partial charge in [0.15, 0.2) is 0 Å². The third-order valence-electron chi connectivity index (χ3n) is 3.09. The highest BCUT2D eigenvalue weighted by Gasteiger charge is 2.20. The highest BCUT2D eigenvalue weighted by atomic mass is 16.5. The number of H-pyrrole nitrogens is 1. The van der Waals surface area contributed by atoms with Gasteiger partial charge in [-0.3, -0.25) is 0 Å². The fourth-order valence-corrected chi connectivity index (χ4v) is 2.30. The van der Waals surface area contributed by atoms with Crippen LogP contribution >= 0.6 is 0 Å². The van der Waals surface area contributed by atoms with Crippen molar-refractivity contribution in [2.75, 3.05) is 7.11 Å². The predicted molar refractivity (Wildman–Crippen MR) is 70.7 cm³/mol. The summed E-state index contributed by atoms with van der Waals surface area (Å²) in [5.41, 5.74) is 4.13. The molecule has 3 nitrogen and oxygen atoms in total. The summed E-state index contributed by atoms with van der Waals surface area (Å²) in [5, 5.41) is 9.45. The van der Waals surface area contributed by atoms with Crippen molar-refractivity contribution in [3.63, 3.8) is 0 Å². The summed E-state index contributed by atoms with van der Waals surface area (Å²) in [5.74, 6) is 0.479. The lowest BCUT2D eigenvalue weighted by Gasteiger charge is -2.16. The lowest BCUT2D eigenvalue weighted by atomic mass is 9.89. The van der Waals surface area contributed by atoms with Crippen LogP contribution in [0.15, 0.2) is 30.6 Å². The number of benzene rings is 1. The Morgan fingerprint density at radius 3 is 2.67 bits per heavy atom. The number of rotatable bonds is 3. The minimum absolute atomic E-state index is 0.299. The maximum absolute atomic E-state index is 9.45. The van der Waals surface area contributed by atoms with Gasteiger partial charge in [-0.2, -0.15) is 5.26 Å². The van der Waals surface area contributed by atoms with Gasteiger partial charge in [0.05, 0.1) is 13.2 Å². The molecule has 1 atom stereocenters. The smallest absolute Gasteiger partial charge is 0.124 e. The molecule has 18 heavy (non-hydrogen) atoms. The van der Waals surface area contributed by atoms with E-state index in [1.54, 1.807) is 7.11 Å². The number of hydrogen-bond donors (Lipinski definition) is 1. The Bertz CT molecular complexity index is 579. The normalized spacial score (nSPS) is 11.9. The van der Waals surface area contributed by atoms with Crippen molar-refractivity contribution in [3.8, 4) is 11.8 Å². The van der Waals surface area contributed by atoms with E-state index in [-0.39, 0.29) is 5.92 Å². The van der Waals surface area contributed by atoms with Crippen LogP contribution in [-0.2, 0) is 0 Å². The fraction of sp³-hybridized carbons (Fsp3) is 0.267. The number of aromatic amines is 1. The van der Waals surface area contributed by atoms with E-state index in [1.807, 2.05) is 38.4 Å². The molecule has 0 saturated heterocycles. The Morgan fingerprint density at radius 1 is 1.33 bits per heavy atom. The monoisotopic (exact) mass is 240 g/mol. The van der Waals surface area contributed by atoms with Crippen LogP contribution < -0.4 is 4.74 Å². The predicted octanol–water partition coefficient (Wildman–Crippen LogP) is 3.30. The van der Waals surface area contributed by atoms with Gasteiger partial charge >= 0.3 is 0 Å². The van der Waals surface area contributed by atoms with Gasteiger partial charge in [-0.25, -0.2) is 0 Å². The van der Waals surface area contributed by atoms with Crippen LogP contribution in [0.3, 0.4) is 0 Å². The Hall–Kier alpha value is -2.21. The van der Waals surface area contributed by atoms with E-state index in [0.29, 0.717) is 0 Å². The Morgan fingerprint density at radius 2 is 2.11 bits per heavy atom. The van der Waals surface area contributed by atoms with E-state index >= 15 is 0 Å². The first-order valence-electron chi connectivity index (χ1n) is 5.84. The van der Waals surface area contributed by atoms with Gasteiger partial charge in [0.1, 0.15) is 11.7 Å². The molecule has 2 aromatic rings. The molecule has 0 aliphatic rings. The summed E-state index contributed by atoms with van der Waals surface area (Å²) < 4.78 is 5.43. The summed E-state index contributed by atoms with van der Waals surface area (Å²) in [7, 11) is 1.64. The summed E-state index contributed by atoms with van der Waals surface area (Å²) in [6, 6.07) is 8.33. The van der Waals surface area contributed by atoms with Crippen molar-refractivity contribution >= 4 is 0 Å². The average molecular weight is 240 g/mol. The zero-order chi connectivity index (χ0) is 13.1. The molecule has 0 spiro atoms. The number of aromatic nitrogens is 1. The lowest BCUT2D eigenvalue weighted by Crippen LogP contribution is -2.03. The number of methoxy groups -OCH3 is 1. The van der Waals surface area contributed by atoms with Crippen LogP contribution in [0.5, 0.6) is 5.75 Å². The molecule has 0 radical (unpaired) electrons. The first kappa shape index (κ1) is 12.3. The number of ether oxygens (including phenoxy) is 1. The number of nitrogens with one attached hydrogen (secondary N) is 1. The van der Waals surface area contributed by atoms with E-state index in [2.05, 4.69) is 17.1 Å². The van der Waals surface area contributed by atoms with E-state index in [1.165, 1.54) is 0 Å². The van der Waals surface area contributed by atoms with Gasteiger partial charge in [0.2, 0.25) is 0 Å². The van der Waals surface area contributed by atoms with Gasteiger partial charge in [-0.05, 0) is 42.7 Å². The van der Waals surface area contributed by atoms with E-state index in [4.69, 9.17) is 4.74 Å². The van der Waals surface area contributed by atoms with Crippen molar-refractivity contribution in [1.29, 1.82) is 5.26 Å². The second-order valence-electron chi connectivity index (χ2n) is 4.40. The molecule has 0 aliphatic carbocycles. The lowest BCUT2D eigenvalue weighted by molar-refractivity contribution is 0.408. The second-order valence-corrected chi connectivity index (χ2v) is 4.40. The van der Waals surface area contributed by atoms with Crippen molar-refractivity contribution < 1.29 is 4.74 Å². The van der Waals surface area contributed by atoms with Crippen LogP contribution in [0, 0.1) is 25.2 Å². The molecule has 92 valence electrons. The van der Waals surface area contributed by atoms with Crippen LogP contribution in [-0.4, -0.2) is 12.1 Å². The van der Waals surface area contributed by atoms with Crippen molar-refractivity contribution in [3.05, 3.63) is 52.8 Å². The van der Waals surface area contributed by atoms with Crippen LogP contribution in [0.2, 0.25) is 0 Å². The quantitative estimate of drug-likeness (QED) is 0.894. The van der Waals surface area contributed by atoms with Gasteiger partial charge in [0.25, 0.3) is 0 Å². The largest absolute Gasteiger partial charge is 0.496 e. The van der Waals surface area contributed by atoms with Crippen LogP contribution in [0.4, 0.5) is 0 Å². The molecule has 2 rings (SSSR count). The maximum atomic E-state index is 9.45. The van der Waals surface area contributed by atoms with E-state index in [9.17, 15) is 5.26 Å². The van der Waals surface area contributed by atoms with Gasteiger partial charge in [0, 0.05) is 18.0 Å². The van der Waals surface area contributed by atoms with Crippen molar-refractivity contribution in [1.82, 2.24) is 4.98 Å². The summed E-state index contributed by atoms with van der Waals surface area (Å²) >= 11 is 0. The third kappa shape index (κ3) is 2.10. The molecule has 0 fully saturated rings. The maximum Gasteiger partial charge on any atom is 0.124 e. The first-order chi connectivity index (χ1) is 8.67. The number of hydrogen-bond acceptors (Lipinski definition) is 2. The molecule has 3 heteroatoms. The summed E-state index contributed by atoms with van der Waals surface area (Å²) in [4.78, 5) is 2.99. The Labute approximate surface area is 107 Å². The second kappa shape index (κ2) is 4.97. The topological polar surface area (TPSA) is 48.8 Å². The van der Waals surface area contributed by atoms with E-state index in [0.717, 1.165) is 28.0 Å². The standard InChI is InChI=1S/C15H16N2O/c1-10-6-11(2)15(14(7-10)18-3)13(8-16)12-4-5-17-9-12/h4-7,9,13,17H,1-3H3. The molecule has 0 bridgehead atoms. The molecule has 1 aromatic heterocycles. The fourth-order valence-electron chi connectivity index (χ4n) is 2.30. The molecule has 1 unspecified atom stereocenters. The molecule has 0 saturated carbocycles. The van der Waals surface area contributed by atoms with Crippen LogP contribution in [0.1, 0.15) is 28.2 Å². The average Bonchev–Trinajstić information content (AvgIpc) is 2.85. The number of nitriles is 1. The van der Waals surface area contributed by atoms with Crippen molar-refractivity contribution in [2.24, 2.45) is 0 Å². The Balaban J connectivity index is 2.59. The SMILES string of the molecule is COc1cc(C)cc(C)c1C(C#N)c1cc[nH]c1. The Kier molecular flexibility index (Phi) is 3.38. The molecular weight excluding hydrogens is 224 g/mol. The van der Waals surface area contributed by atoms with E-state index < -0.39 is 0 Å². The van der Waals surface area contributed by atoms with Crippen molar-refractivity contribution in [2.45, 2.75) is 19.8 Å². The first-order valence-corrected chi connectivity index (χ1v) is 5.84. The highest BCUT2D eigenvalue weighted by Crippen LogP contribution is 2.34. The van der Waals surface area contributed by atoms with Gasteiger partial charge in [-0.1, -0.05) is 6.07 Å². The molecule has 1 heterocycles. The van der Waals surface area contributed by atoms with Gasteiger partial charge in [-0.15, -0.1) is 0 Å². The summed E-state index contributed by atoms with van der Waals surface area (Å²) in [6.07, 6.45) is 3.68. The molecule has 1 N–H and O–H groups in total. The molecule has 0 aliphatic heterocycles. The molecule has 0 amide bonds. The minimum atomic E-state index is -0.299. The molecule has 1 aromatic carbocycles. The number of aryl methyl sites for hydroxylation is 2. The summed E-state index contributed by atoms with van der Waals surface area (Å²) in [6.45, 7) is 4.04. The zero-order valence-corrected chi connectivity index (χ0v) is 10.8. The zero-order valence-electron chi connectivity index (χ0n) is 10.8. The van der Waals surface area contributed by atoms with Crippen LogP contribution in [0.25, 0.3) is 0 Å². The van der Waals surface area contributed by atoms with Gasteiger partial charge < -0.3 is 9.72 Å².